The fraction of sp³-hybridized carbons (Fsp3) is 0.909. The third-order valence-corrected chi connectivity index (χ3v) is 2.52. The summed E-state index contributed by atoms with van der Waals surface area (Å²) in [6.07, 6.45) is 1.80. The van der Waals surface area contributed by atoms with Crippen LogP contribution in [0.15, 0.2) is 0 Å². The summed E-state index contributed by atoms with van der Waals surface area (Å²) < 4.78 is 0. The molecule has 0 aliphatic heterocycles. The first-order valence-electron chi connectivity index (χ1n) is 5.23. The molecule has 0 amide bonds. The Balaban J connectivity index is 4.16. The average Bonchev–Trinajstić information content (AvgIpc) is 2.01. The molecule has 0 bridgehead atoms. The summed E-state index contributed by atoms with van der Waals surface area (Å²) in [4.78, 5) is 12.8. The molecular weight excluding hydrogens is 178 g/mol. The van der Waals surface area contributed by atoms with E-state index in [0.29, 0.717) is 12.0 Å². The summed E-state index contributed by atoms with van der Waals surface area (Å²) in [5, 5.41) is 8.83. The van der Waals surface area contributed by atoms with Crippen molar-refractivity contribution >= 4 is 5.97 Å². The van der Waals surface area contributed by atoms with Crippen LogP contribution in [0.3, 0.4) is 0 Å². The van der Waals surface area contributed by atoms with Gasteiger partial charge >= 0.3 is 5.97 Å². The van der Waals surface area contributed by atoms with Gasteiger partial charge in [0, 0.05) is 6.04 Å². The Bertz CT molecular complexity index is 178. The largest absolute Gasteiger partial charge is 0.481 e. The lowest BCUT2D eigenvalue weighted by Gasteiger charge is -2.27. The predicted octanol–water partition coefficient (Wildman–Crippen LogP) is 2.07. The number of carbonyl (C=O) groups is 1. The number of hydrogen-bond donors (Lipinski definition) is 1. The topological polar surface area (TPSA) is 40.5 Å². The maximum absolute atomic E-state index is 10.7. The zero-order chi connectivity index (χ0) is 11.3. The molecule has 14 heavy (non-hydrogen) atoms. The molecule has 0 saturated carbocycles. The third-order valence-electron chi connectivity index (χ3n) is 2.52. The fourth-order valence-corrected chi connectivity index (χ4v) is 1.57. The van der Waals surface area contributed by atoms with Gasteiger partial charge in [0.2, 0.25) is 0 Å². The first-order chi connectivity index (χ1) is 6.34. The normalized spacial score (nSPS) is 15.9. The van der Waals surface area contributed by atoms with Crippen molar-refractivity contribution in [2.24, 2.45) is 11.8 Å². The highest BCUT2D eigenvalue weighted by atomic mass is 16.4. The van der Waals surface area contributed by atoms with Gasteiger partial charge in [-0.05, 0) is 32.9 Å². The first kappa shape index (κ1) is 13.4. The van der Waals surface area contributed by atoms with Crippen molar-refractivity contribution in [3.05, 3.63) is 0 Å². The molecule has 2 unspecified atom stereocenters. The van der Waals surface area contributed by atoms with E-state index in [-0.39, 0.29) is 5.92 Å². The molecule has 0 aliphatic carbocycles. The quantitative estimate of drug-likeness (QED) is 0.715. The molecule has 0 radical (unpaired) electrons. The molecule has 0 aliphatic rings. The van der Waals surface area contributed by atoms with Crippen LogP contribution in [0.25, 0.3) is 0 Å². The smallest absolute Gasteiger partial charge is 0.306 e. The summed E-state index contributed by atoms with van der Waals surface area (Å²) in [7, 11) is 4.03. The van der Waals surface area contributed by atoms with E-state index in [1.807, 2.05) is 14.1 Å². The van der Waals surface area contributed by atoms with Crippen molar-refractivity contribution in [2.75, 3.05) is 14.1 Å². The van der Waals surface area contributed by atoms with Crippen LogP contribution in [-0.4, -0.2) is 36.1 Å². The zero-order valence-electron chi connectivity index (χ0n) is 9.95. The number of carboxylic acids is 1. The highest BCUT2D eigenvalue weighted by Crippen LogP contribution is 2.17. The van der Waals surface area contributed by atoms with Gasteiger partial charge in [0.25, 0.3) is 0 Å². The maximum Gasteiger partial charge on any atom is 0.306 e. The molecule has 2 atom stereocenters. The average molecular weight is 201 g/mol. The van der Waals surface area contributed by atoms with Gasteiger partial charge in [-0.25, -0.2) is 0 Å². The summed E-state index contributed by atoms with van der Waals surface area (Å²) >= 11 is 0. The minimum absolute atomic E-state index is 0.249. The minimum Gasteiger partial charge on any atom is -0.481 e. The molecule has 0 aromatic carbocycles. The number of aliphatic carboxylic acids is 1. The molecule has 0 heterocycles. The fourth-order valence-electron chi connectivity index (χ4n) is 1.57. The van der Waals surface area contributed by atoms with Crippen molar-refractivity contribution in [1.29, 1.82) is 0 Å². The van der Waals surface area contributed by atoms with Crippen LogP contribution in [0, 0.1) is 11.8 Å². The zero-order valence-corrected chi connectivity index (χ0v) is 9.95. The van der Waals surface area contributed by atoms with E-state index in [1.165, 1.54) is 0 Å². The molecule has 1 N–H and O–H groups in total. The van der Waals surface area contributed by atoms with E-state index in [9.17, 15) is 4.79 Å². The molecule has 0 aromatic rings. The van der Waals surface area contributed by atoms with Gasteiger partial charge in [0.05, 0.1) is 5.92 Å². The standard InChI is InChI=1S/C11H23NO2/c1-8(2)6-10(12(4)5)7-9(3)11(13)14/h8-10H,6-7H2,1-5H3,(H,13,14). The van der Waals surface area contributed by atoms with E-state index in [2.05, 4.69) is 18.7 Å². The van der Waals surface area contributed by atoms with E-state index >= 15 is 0 Å². The molecule has 0 fully saturated rings. The Kier molecular flexibility index (Phi) is 5.77. The van der Waals surface area contributed by atoms with Crippen molar-refractivity contribution in [3.8, 4) is 0 Å². The van der Waals surface area contributed by atoms with Crippen LogP contribution in [-0.2, 0) is 4.79 Å². The molecule has 0 spiro atoms. The summed E-state index contributed by atoms with van der Waals surface area (Å²) in [6.45, 7) is 6.11. The SMILES string of the molecule is CC(C)CC(CC(C)C(=O)O)N(C)C. The van der Waals surface area contributed by atoms with Crippen molar-refractivity contribution in [1.82, 2.24) is 4.90 Å². The van der Waals surface area contributed by atoms with Gasteiger partial charge in [-0.15, -0.1) is 0 Å². The molecule has 0 rings (SSSR count). The molecule has 84 valence electrons. The first-order valence-corrected chi connectivity index (χ1v) is 5.23. The highest BCUT2D eigenvalue weighted by Gasteiger charge is 2.20. The lowest BCUT2D eigenvalue weighted by Crippen LogP contribution is -2.32. The maximum atomic E-state index is 10.7. The van der Waals surface area contributed by atoms with Gasteiger partial charge in [-0.2, -0.15) is 0 Å². The second-order valence-corrected chi connectivity index (χ2v) is 4.72. The predicted molar refractivity (Wildman–Crippen MR) is 58.3 cm³/mol. The van der Waals surface area contributed by atoms with Crippen LogP contribution >= 0.6 is 0 Å². The Morgan fingerprint density at radius 2 is 1.71 bits per heavy atom. The van der Waals surface area contributed by atoms with Gasteiger partial charge in [-0.3, -0.25) is 4.79 Å². The van der Waals surface area contributed by atoms with E-state index < -0.39 is 5.97 Å². The third kappa shape index (κ3) is 5.22. The van der Waals surface area contributed by atoms with Crippen LogP contribution in [0.4, 0.5) is 0 Å². The second-order valence-electron chi connectivity index (χ2n) is 4.72. The summed E-state index contributed by atoms with van der Waals surface area (Å²) in [5.74, 6) is -0.329. The van der Waals surface area contributed by atoms with Crippen molar-refractivity contribution in [3.63, 3.8) is 0 Å². The van der Waals surface area contributed by atoms with Crippen LogP contribution < -0.4 is 0 Å². The van der Waals surface area contributed by atoms with Gasteiger partial charge < -0.3 is 10.0 Å². The van der Waals surface area contributed by atoms with Crippen LogP contribution in [0.5, 0.6) is 0 Å². The van der Waals surface area contributed by atoms with Crippen LogP contribution in [0.2, 0.25) is 0 Å². The lowest BCUT2D eigenvalue weighted by molar-refractivity contribution is -0.141. The van der Waals surface area contributed by atoms with E-state index in [1.54, 1.807) is 6.92 Å². The number of hydrogen-bond acceptors (Lipinski definition) is 2. The Labute approximate surface area is 87.1 Å². The lowest BCUT2D eigenvalue weighted by atomic mass is 9.94. The van der Waals surface area contributed by atoms with Gasteiger partial charge in [-0.1, -0.05) is 20.8 Å². The van der Waals surface area contributed by atoms with Crippen molar-refractivity contribution < 1.29 is 9.90 Å². The van der Waals surface area contributed by atoms with Crippen molar-refractivity contribution in [2.45, 2.75) is 39.7 Å². The summed E-state index contributed by atoms with van der Waals surface area (Å²) in [6, 6.07) is 0.376. The van der Waals surface area contributed by atoms with Gasteiger partial charge in [0.15, 0.2) is 0 Å². The van der Waals surface area contributed by atoms with Gasteiger partial charge in [0.1, 0.15) is 0 Å². The number of nitrogens with zero attached hydrogens (tertiary/aromatic N) is 1. The highest BCUT2D eigenvalue weighted by molar-refractivity contribution is 5.69. The molecule has 0 saturated heterocycles. The molecule has 3 nitrogen and oxygen atoms in total. The number of carboxylic acid groups (broad SMARTS) is 1. The Hall–Kier alpha value is -0.570. The molecule has 0 aromatic heterocycles. The second kappa shape index (κ2) is 6.02. The van der Waals surface area contributed by atoms with Crippen LogP contribution in [0.1, 0.15) is 33.6 Å². The van der Waals surface area contributed by atoms with E-state index in [4.69, 9.17) is 5.11 Å². The number of rotatable bonds is 6. The Morgan fingerprint density at radius 3 is 2.00 bits per heavy atom. The summed E-state index contributed by atoms with van der Waals surface area (Å²) in [5.41, 5.74) is 0. The Morgan fingerprint density at radius 1 is 1.21 bits per heavy atom. The molecular formula is C11H23NO2. The molecule has 3 heteroatoms. The van der Waals surface area contributed by atoms with E-state index in [0.717, 1.165) is 12.8 Å². The monoisotopic (exact) mass is 201 g/mol. The minimum atomic E-state index is -0.694.